The molecule has 0 spiro atoms. The van der Waals surface area contributed by atoms with Gasteiger partial charge in [0.2, 0.25) is 0 Å². The minimum absolute atomic E-state index is 0. The van der Waals surface area contributed by atoms with Crippen LogP contribution in [0.5, 0.6) is 5.75 Å². The Morgan fingerprint density at radius 3 is 2.43 bits per heavy atom. The molecule has 0 saturated heterocycles. The third kappa shape index (κ3) is 9.27. The number of ether oxygens (including phenoxy) is 2. The van der Waals surface area contributed by atoms with Crippen molar-refractivity contribution in [2.45, 2.75) is 19.9 Å². The van der Waals surface area contributed by atoms with Gasteiger partial charge in [-0.25, -0.2) is 0 Å². The van der Waals surface area contributed by atoms with Crippen molar-refractivity contribution in [3.63, 3.8) is 0 Å². The van der Waals surface area contributed by atoms with Crippen molar-refractivity contribution in [1.82, 2.24) is 0 Å². The van der Waals surface area contributed by atoms with Crippen molar-refractivity contribution in [2.24, 2.45) is 16.6 Å². The lowest BCUT2D eigenvalue weighted by atomic mass is 10.2. The Balaban J connectivity index is 0.00000392. The Morgan fingerprint density at radius 1 is 1.11 bits per heavy atom. The maximum Gasteiger partial charge on any atom is 0.573 e. The summed E-state index contributed by atoms with van der Waals surface area (Å²) in [6, 6.07) is 15.4. The van der Waals surface area contributed by atoms with E-state index in [-0.39, 0.29) is 47.3 Å². The summed E-state index contributed by atoms with van der Waals surface area (Å²) in [4.78, 5) is 4.15. The van der Waals surface area contributed by atoms with Crippen LogP contribution >= 0.6 is 24.0 Å². The summed E-state index contributed by atoms with van der Waals surface area (Å²) in [5, 5.41) is 2.63. The number of anilines is 1. The van der Waals surface area contributed by atoms with Crippen molar-refractivity contribution in [3.05, 3.63) is 60.2 Å². The zero-order chi connectivity index (χ0) is 19.7. The molecule has 1 atom stereocenters. The maximum atomic E-state index is 12.4. The molecular formula is C19H23F3IN3O2. The van der Waals surface area contributed by atoms with Gasteiger partial charge in [-0.1, -0.05) is 49.4 Å². The van der Waals surface area contributed by atoms with E-state index in [1.54, 1.807) is 6.07 Å². The molecule has 1 unspecified atom stereocenters. The van der Waals surface area contributed by atoms with Crippen LogP contribution in [0.2, 0.25) is 0 Å². The van der Waals surface area contributed by atoms with Crippen LogP contribution in [0.1, 0.15) is 12.5 Å². The molecule has 28 heavy (non-hydrogen) atoms. The number of hydrogen-bond acceptors (Lipinski definition) is 3. The highest BCUT2D eigenvalue weighted by Crippen LogP contribution is 2.29. The standard InChI is InChI=1S/C19H22F3N3O2.HI/c1-14(12-26-13-15-7-3-2-4-8-15)11-24-18(23)25-16-9-5-6-10-17(16)27-19(20,21)22;/h2-10,14H,11-13H2,1H3,(H3,23,24,25);1H. The molecule has 0 aromatic heterocycles. The molecule has 154 valence electrons. The van der Waals surface area contributed by atoms with Crippen LogP contribution in [0.3, 0.4) is 0 Å². The van der Waals surface area contributed by atoms with Gasteiger partial charge in [-0.15, -0.1) is 37.1 Å². The Hall–Kier alpha value is -2.01. The van der Waals surface area contributed by atoms with Crippen LogP contribution < -0.4 is 15.8 Å². The first kappa shape index (κ1) is 24.0. The molecule has 0 aliphatic rings. The fourth-order valence-corrected chi connectivity index (χ4v) is 2.22. The lowest BCUT2D eigenvalue weighted by Crippen LogP contribution is -2.25. The Bertz CT molecular complexity index is 743. The van der Waals surface area contributed by atoms with E-state index in [9.17, 15) is 13.2 Å². The topological polar surface area (TPSA) is 68.9 Å². The largest absolute Gasteiger partial charge is 0.573 e. The number of rotatable bonds is 8. The van der Waals surface area contributed by atoms with E-state index in [0.717, 1.165) is 5.56 Å². The predicted molar refractivity (Wildman–Crippen MR) is 114 cm³/mol. The maximum absolute atomic E-state index is 12.4. The van der Waals surface area contributed by atoms with Crippen LogP contribution in [0, 0.1) is 5.92 Å². The fourth-order valence-electron chi connectivity index (χ4n) is 2.22. The number of nitrogens with two attached hydrogens (primary N) is 1. The minimum Gasteiger partial charge on any atom is -0.404 e. The highest BCUT2D eigenvalue weighted by molar-refractivity contribution is 14.0. The number of aliphatic imine (C=N–C) groups is 1. The van der Waals surface area contributed by atoms with E-state index in [2.05, 4.69) is 15.0 Å². The van der Waals surface area contributed by atoms with E-state index in [1.165, 1.54) is 18.2 Å². The lowest BCUT2D eigenvalue weighted by Gasteiger charge is -2.14. The van der Waals surface area contributed by atoms with Crippen LogP contribution in [-0.4, -0.2) is 25.5 Å². The van der Waals surface area contributed by atoms with E-state index in [1.807, 2.05) is 37.3 Å². The number of guanidine groups is 1. The first-order valence-electron chi connectivity index (χ1n) is 8.37. The van der Waals surface area contributed by atoms with E-state index < -0.39 is 6.36 Å². The minimum atomic E-state index is -4.78. The number of nitrogens with one attached hydrogen (secondary N) is 1. The first-order valence-corrected chi connectivity index (χ1v) is 8.37. The van der Waals surface area contributed by atoms with Gasteiger partial charge in [-0.3, -0.25) is 4.99 Å². The van der Waals surface area contributed by atoms with Gasteiger partial charge in [0.1, 0.15) is 0 Å². The second-order valence-electron chi connectivity index (χ2n) is 6.00. The van der Waals surface area contributed by atoms with Gasteiger partial charge < -0.3 is 20.5 Å². The Morgan fingerprint density at radius 2 is 1.75 bits per heavy atom. The van der Waals surface area contributed by atoms with E-state index >= 15 is 0 Å². The van der Waals surface area contributed by atoms with Crippen molar-refractivity contribution in [2.75, 3.05) is 18.5 Å². The summed E-state index contributed by atoms with van der Waals surface area (Å²) >= 11 is 0. The molecule has 9 heteroatoms. The molecule has 0 bridgehead atoms. The normalized spacial score (nSPS) is 12.8. The second kappa shape index (κ2) is 11.7. The zero-order valence-electron chi connectivity index (χ0n) is 15.3. The zero-order valence-corrected chi connectivity index (χ0v) is 17.6. The molecule has 2 rings (SSSR count). The molecule has 2 aromatic rings. The van der Waals surface area contributed by atoms with Crippen molar-refractivity contribution in [3.8, 4) is 5.75 Å². The average molecular weight is 509 g/mol. The fraction of sp³-hybridized carbons (Fsp3) is 0.316. The number of halogens is 4. The third-order valence-electron chi connectivity index (χ3n) is 3.46. The molecule has 0 radical (unpaired) electrons. The molecule has 0 saturated carbocycles. The Kier molecular flexibility index (Phi) is 10.1. The molecule has 0 fully saturated rings. The molecule has 0 amide bonds. The summed E-state index contributed by atoms with van der Waals surface area (Å²) in [6.45, 7) is 3.31. The van der Waals surface area contributed by atoms with Gasteiger partial charge in [0.25, 0.3) is 0 Å². The quantitative estimate of drug-likeness (QED) is 0.306. The van der Waals surface area contributed by atoms with Crippen molar-refractivity contribution >= 4 is 35.6 Å². The summed E-state index contributed by atoms with van der Waals surface area (Å²) in [6.07, 6.45) is -4.78. The lowest BCUT2D eigenvalue weighted by molar-refractivity contribution is -0.274. The number of benzene rings is 2. The smallest absolute Gasteiger partial charge is 0.404 e. The average Bonchev–Trinajstić information content (AvgIpc) is 2.61. The van der Waals surface area contributed by atoms with Crippen LogP contribution in [0.4, 0.5) is 18.9 Å². The molecule has 0 aliphatic carbocycles. The molecule has 0 aliphatic heterocycles. The van der Waals surface area contributed by atoms with E-state index in [0.29, 0.717) is 19.8 Å². The summed E-state index contributed by atoms with van der Waals surface area (Å²) in [5.74, 6) is -0.277. The highest BCUT2D eigenvalue weighted by atomic mass is 127. The van der Waals surface area contributed by atoms with Crippen LogP contribution in [-0.2, 0) is 11.3 Å². The van der Waals surface area contributed by atoms with Crippen molar-refractivity contribution < 1.29 is 22.6 Å². The van der Waals surface area contributed by atoms with Gasteiger partial charge in [-0.2, -0.15) is 0 Å². The number of nitrogens with zero attached hydrogens (tertiary/aromatic N) is 1. The number of hydrogen-bond donors (Lipinski definition) is 2. The molecule has 5 nitrogen and oxygen atoms in total. The summed E-state index contributed by atoms with van der Waals surface area (Å²) in [5.41, 5.74) is 6.93. The number of para-hydroxylation sites is 2. The Labute approximate surface area is 179 Å². The summed E-state index contributed by atoms with van der Waals surface area (Å²) in [7, 11) is 0. The van der Waals surface area contributed by atoms with Crippen molar-refractivity contribution in [1.29, 1.82) is 0 Å². The predicted octanol–water partition coefficient (Wildman–Crippen LogP) is 4.78. The molecule has 0 heterocycles. The van der Waals surface area contributed by atoms with Gasteiger partial charge >= 0.3 is 6.36 Å². The van der Waals surface area contributed by atoms with Gasteiger partial charge in [0.05, 0.1) is 18.9 Å². The SMILES string of the molecule is CC(CN=C(N)Nc1ccccc1OC(F)(F)F)COCc1ccccc1.I. The van der Waals surface area contributed by atoms with Gasteiger partial charge in [0, 0.05) is 6.54 Å². The van der Waals surface area contributed by atoms with E-state index in [4.69, 9.17) is 10.5 Å². The van der Waals surface area contributed by atoms with Crippen LogP contribution in [0.25, 0.3) is 0 Å². The monoisotopic (exact) mass is 509 g/mol. The molecular weight excluding hydrogens is 486 g/mol. The van der Waals surface area contributed by atoms with Gasteiger partial charge in [-0.05, 0) is 23.6 Å². The second-order valence-corrected chi connectivity index (χ2v) is 6.00. The summed E-state index contributed by atoms with van der Waals surface area (Å²) < 4.78 is 46.9. The highest BCUT2D eigenvalue weighted by Gasteiger charge is 2.32. The third-order valence-corrected chi connectivity index (χ3v) is 3.46. The molecule has 3 N–H and O–H groups in total. The van der Waals surface area contributed by atoms with Gasteiger partial charge in [0.15, 0.2) is 11.7 Å². The van der Waals surface area contributed by atoms with Crippen LogP contribution in [0.15, 0.2) is 59.6 Å². The number of alkyl halides is 3. The molecule has 2 aromatic carbocycles. The first-order chi connectivity index (χ1) is 12.8.